The van der Waals surface area contributed by atoms with Gasteiger partial charge in [0.05, 0.1) is 0 Å². The molecule has 1 amide bonds. The van der Waals surface area contributed by atoms with Crippen LogP contribution in [-0.4, -0.2) is 31.7 Å². The number of amides is 1. The van der Waals surface area contributed by atoms with Crippen molar-refractivity contribution < 1.29 is 9.53 Å². The lowest BCUT2D eigenvalue weighted by Crippen LogP contribution is -2.51. The van der Waals surface area contributed by atoms with Gasteiger partial charge in [0.1, 0.15) is 5.60 Å². The van der Waals surface area contributed by atoms with Gasteiger partial charge in [0.15, 0.2) is 0 Å². The van der Waals surface area contributed by atoms with Crippen LogP contribution in [0, 0.1) is 0 Å². The molecule has 1 heterocycles. The standard InChI is InChI=1S/C16H24N2O2.ClH/c1-12(2)13-4-6-14(7-5-13)18-15(19)16(20-3)8-10-17-11-9-16;/h4-7,12,17H,8-11H2,1-3H3,(H,18,19);1H. The third-order valence-corrected chi connectivity index (χ3v) is 4.05. The van der Waals surface area contributed by atoms with Crippen molar-refractivity contribution in [2.45, 2.75) is 38.2 Å². The predicted octanol–water partition coefficient (Wildman–Crippen LogP) is 2.94. The van der Waals surface area contributed by atoms with Crippen molar-refractivity contribution >= 4 is 24.0 Å². The van der Waals surface area contributed by atoms with Crippen LogP contribution in [-0.2, 0) is 9.53 Å². The van der Waals surface area contributed by atoms with Crippen molar-refractivity contribution in [1.82, 2.24) is 5.32 Å². The minimum atomic E-state index is -0.692. The van der Waals surface area contributed by atoms with Crippen molar-refractivity contribution in [3.05, 3.63) is 29.8 Å². The van der Waals surface area contributed by atoms with E-state index < -0.39 is 5.60 Å². The second kappa shape index (κ2) is 7.78. The number of hydrogen-bond donors (Lipinski definition) is 2. The van der Waals surface area contributed by atoms with Crippen LogP contribution in [0.5, 0.6) is 0 Å². The molecule has 0 saturated carbocycles. The molecule has 0 unspecified atom stereocenters. The molecule has 1 fully saturated rings. The number of hydrogen-bond acceptors (Lipinski definition) is 3. The van der Waals surface area contributed by atoms with Crippen LogP contribution >= 0.6 is 12.4 Å². The molecule has 0 spiro atoms. The number of methoxy groups -OCH3 is 1. The van der Waals surface area contributed by atoms with E-state index in [1.807, 2.05) is 12.1 Å². The van der Waals surface area contributed by atoms with E-state index in [4.69, 9.17) is 4.74 Å². The van der Waals surface area contributed by atoms with E-state index in [2.05, 4.69) is 36.6 Å². The molecule has 1 aliphatic heterocycles. The Morgan fingerprint density at radius 2 is 1.81 bits per heavy atom. The Bertz CT molecular complexity index is 454. The zero-order chi connectivity index (χ0) is 14.6. The Hall–Kier alpha value is -1.10. The lowest BCUT2D eigenvalue weighted by atomic mass is 9.91. The highest BCUT2D eigenvalue weighted by molar-refractivity contribution is 5.97. The average Bonchev–Trinajstić information content (AvgIpc) is 2.48. The molecule has 21 heavy (non-hydrogen) atoms. The highest BCUT2D eigenvalue weighted by atomic mass is 35.5. The predicted molar refractivity (Wildman–Crippen MR) is 88.3 cm³/mol. The van der Waals surface area contributed by atoms with Crippen LogP contribution in [0.1, 0.15) is 38.2 Å². The molecule has 118 valence electrons. The minimum Gasteiger partial charge on any atom is -0.368 e. The highest BCUT2D eigenvalue weighted by Gasteiger charge is 2.39. The molecule has 2 rings (SSSR count). The number of nitrogens with one attached hydrogen (secondary N) is 2. The molecule has 0 bridgehead atoms. The Morgan fingerprint density at radius 3 is 2.29 bits per heavy atom. The number of halogens is 1. The summed E-state index contributed by atoms with van der Waals surface area (Å²) < 4.78 is 5.52. The van der Waals surface area contributed by atoms with Gasteiger partial charge in [-0.25, -0.2) is 0 Å². The summed E-state index contributed by atoms with van der Waals surface area (Å²) in [6.45, 7) is 5.94. The molecule has 0 radical (unpaired) electrons. The Kier molecular flexibility index (Phi) is 6.65. The largest absolute Gasteiger partial charge is 0.368 e. The van der Waals surface area contributed by atoms with Crippen LogP contribution in [0.3, 0.4) is 0 Å². The number of carbonyl (C=O) groups excluding carboxylic acids is 1. The van der Waals surface area contributed by atoms with Crippen LogP contribution in [0.2, 0.25) is 0 Å². The summed E-state index contributed by atoms with van der Waals surface area (Å²) in [5.74, 6) is 0.452. The van der Waals surface area contributed by atoms with E-state index in [1.54, 1.807) is 7.11 Å². The fourth-order valence-electron chi connectivity index (χ4n) is 2.55. The van der Waals surface area contributed by atoms with Crippen molar-refractivity contribution in [3.63, 3.8) is 0 Å². The summed E-state index contributed by atoms with van der Waals surface area (Å²) in [4.78, 5) is 12.5. The van der Waals surface area contributed by atoms with Gasteiger partial charge >= 0.3 is 0 Å². The summed E-state index contributed by atoms with van der Waals surface area (Å²) in [6.07, 6.45) is 1.42. The van der Waals surface area contributed by atoms with Crippen LogP contribution in [0.25, 0.3) is 0 Å². The first kappa shape index (κ1) is 18.0. The summed E-state index contributed by atoms with van der Waals surface area (Å²) in [7, 11) is 1.62. The molecular formula is C16H25ClN2O2. The molecule has 4 nitrogen and oxygen atoms in total. The van der Waals surface area contributed by atoms with Crippen molar-refractivity contribution in [2.75, 3.05) is 25.5 Å². The average molecular weight is 313 g/mol. The number of ether oxygens (including phenoxy) is 1. The quantitative estimate of drug-likeness (QED) is 0.898. The number of rotatable bonds is 4. The second-order valence-electron chi connectivity index (χ2n) is 5.68. The van der Waals surface area contributed by atoms with Gasteiger partial charge in [-0.2, -0.15) is 0 Å². The third-order valence-electron chi connectivity index (χ3n) is 4.05. The Morgan fingerprint density at radius 1 is 1.24 bits per heavy atom. The van der Waals surface area contributed by atoms with Crippen molar-refractivity contribution in [2.24, 2.45) is 0 Å². The van der Waals surface area contributed by atoms with Gasteiger partial charge in [-0.1, -0.05) is 26.0 Å². The van der Waals surface area contributed by atoms with E-state index in [1.165, 1.54) is 5.56 Å². The van der Waals surface area contributed by atoms with Gasteiger partial charge in [0.2, 0.25) is 0 Å². The smallest absolute Gasteiger partial charge is 0.256 e. The molecule has 0 aromatic heterocycles. The summed E-state index contributed by atoms with van der Waals surface area (Å²) >= 11 is 0. The van der Waals surface area contributed by atoms with Gasteiger partial charge in [0, 0.05) is 12.8 Å². The van der Waals surface area contributed by atoms with E-state index >= 15 is 0 Å². The van der Waals surface area contributed by atoms with Crippen molar-refractivity contribution in [3.8, 4) is 0 Å². The van der Waals surface area contributed by atoms with Gasteiger partial charge in [0.25, 0.3) is 5.91 Å². The normalized spacial score (nSPS) is 17.1. The van der Waals surface area contributed by atoms with Crippen LogP contribution < -0.4 is 10.6 Å². The summed E-state index contributed by atoms with van der Waals surface area (Å²) in [5, 5.41) is 6.23. The van der Waals surface area contributed by atoms with Gasteiger partial charge in [-0.05, 0) is 49.5 Å². The topological polar surface area (TPSA) is 50.4 Å². The Labute approximate surface area is 133 Å². The highest BCUT2D eigenvalue weighted by Crippen LogP contribution is 2.25. The molecule has 1 aromatic carbocycles. The van der Waals surface area contributed by atoms with Crippen molar-refractivity contribution in [1.29, 1.82) is 0 Å². The fraction of sp³-hybridized carbons (Fsp3) is 0.562. The number of anilines is 1. The maximum atomic E-state index is 12.5. The van der Waals surface area contributed by atoms with Gasteiger partial charge in [-0.15, -0.1) is 12.4 Å². The van der Waals surface area contributed by atoms with Gasteiger partial charge < -0.3 is 15.4 Å². The first-order valence-corrected chi connectivity index (χ1v) is 7.25. The molecular weight excluding hydrogens is 288 g/mol. The van der Waals surface area contributed by atoms with E-state index in [9.17, 15) is 4.79 Å². The molecule has 5 heteroatoms. The van der Waals surface area contributed by atoms with E-state index in [0.29, 0.717) is 18.8 Å². The first-order valence-electron chi connectivity index (χ1n) is 7.25. The Balaban J connectivity index is 0.00000220. The monoisotopic (exact) mass is 312 g/mol. The lowest BCUT2D eigenvalue weighted by molar-refractivity contribution is -0.140. The number of carbonyl (C=O) groups is 1. The summed E-state index contributed by atoms with van der Waals surface area (Å²) in [5.41, 5.74) is 1.41. The second-order valence-corrected chi connectivity index (χ2v) is 5.68. The molecule has 1 aliphatic rings. The molecule has 0 atom stereocenters. The maximum Gasteiger partial charge on any atom is 0.256 e. The van der Waals surface area contributed by atoms with E-state index in [0.717, 1.165) is 18.8 Å². The molecule has 2 N–H and O–H groups in total. The zero-order valence-electron chi connectivity index (χ0n) is 12.9. The first-order chi connectivity index (χ1) is 9.57. The SMILES string of the molecule is COC1(C(=O)Nc2ccc(C(C)C)cc2)CCNCC1.Cl. The van der Waals surface area contributed by atoms with Crippen LogP contribution in [0.15, 0.2) is 24.3 Å². The maximum absolute atomic E-state index is 12.5. The number of piperidine rings is 1. The number of benzene rings is 1. The lowest BCUT2D eigenvalue weighted by Gasteiger charge is -2.34. The van der Waals surface area contributed by atoms with E-state index in [-0.39, 0.29) is 18.3 Å². The molecule has 1 saturated heterocycles. The molecule has 0 aliphatic carbocycles. The zero-order valence-corrected chi connectivity index (χ0v) is 13.8. The molecule has 1 aromatic rings. The van der Waals surface area contributed by atoms with Crippen LogP contribution in [0.4, 0.5) is 5.69 Å². The fourth-order valence-corrected chi connectivity index (χ4v) is 2.55. The third kappa shape index (κ3) is 4.19. The minimum absolute atomic E-state index is 0. The summed E-state index contributed by atoms with van der Waals surface area (Å²) in [6, 6.07) is 8.03. The van der Waals surface area contributed by atoms with Gasteiger partial charge in [-0.3, -0.25) is 4.79 Å².